The molecule has 0 fully saturated rings. The highest BCUT2D eigenvalue weighted by Gasteiger charge is 2.28. The molecule has 0 heterocycles. The average Bonchev–Trinajstić information content (AvgIpc) is 3.02. The van der Waals surface area contributed by atoms with Crippen LogP contribution in [0.2, 0.25) is 0 Å². The Kier molecular flexibility index (Phi) is 32.1. The molecule has 0 aliphatic carbocycles. The van der Waals surface area contributed by atoms with Crippen molar-refractivity contribution >= 4 is 13.7 Å². The number of likely N-dealkylation sites (N-methyl/N-ethyl adjacent to an activating group) is 1. The molecule has 0 aromatic heterocycles. The molecule has 3 N–H and O–H groups in total. The van der Waals surface area contributed by atoms with Crippen molar-refractivity contribution in [1.29, 1.82) is 0 Å². The number of phosphoric acid groups is 1. The zero-order valence-electron chi connectivity index (χ0n) is 32.5. The van der Waals surface area contributed by atoms with E-state index in [0.717, 1.165) is 38.5 Å². The predicted octanol–water partition coefficient (Wildman–Crippen LogP) is 10.6. The Bertz CT molecular complexity index is 763. The second-order valence-electron chi connectivity index (χ2n) is 15.4. The van der Waals surface area contributed by atoms with Crippen LogP contribution in [0.3, 0.4) is 0 Å². The van der Waals surface area contributed by atoms with Crippen molar-refractivity contribution in [1.82, 2.24) is 5.32 Å². The van der Waals surface area contributed by atoms with Gasteiger partial charge in [-0.2, -0.15) is 0 Å². The van der Waals surface area contributed by atoms with Crippen molar-refractivity contribution < 1.29 is 32.9 Å². The highest BCUT2D eigenvalue weighted by atomic mass is 31.2. The van der Waals surface area contributed by atoms with Gasteiger partial charge in [-0.1, -0.05) is 174 Å². The second-order valence-corrected chi connectivity index (χ2v) is 16.8. The Morgan fingerprint density at radius 1 is 0.625 bits per heavy atom. The molecule has 0 spiro atoms. The van der Waals surface area contributed by atoms with Crippen LogP contribution in [0.4, 0.5) is 0 Å². The van der Waals surface area contributed by atoms with E-state index in [1.54, 1.807) is 0 Å². The van der Waals surface area contributed by atoms with E-state index in [1.807, 2.05) is 21.1 Å². The Morgan fingerprint density at radius 3 is 1.40 bits per heavy atom. The summed E-state index contributed by atoms with van der Waals surface area (Å²) in [7, 11) is 1.62. The van der Waals surface area contributed by atoms with Crippen LogP contribution in [-0.4, -0.2) is 73.4 Å². The number of phosphoric ester groups is 1. The average molecular weight is 706 g/mol. The first-order valence-electron chi connectivity index (χ1n) is 20.4. The number of hydrogen-bond donors (Lipinski definition) is 3. The fraction of sp³-hybridized carbons (Fsp3) is 0.974. The Morgan fingerprint density at radius 2 is 1.00 bits per heavy atom. The van der Waals surface area contributed by atoms with Gasteiger partial charge in [0.1, 0.15) is 13.2 Å². The molecule has 0 rings (SSSR count). The van der Waals surface area contributed by atoms with Crippen molar-refractivity contribution in [2.75, 3.05) is 40.9 Å². The maximum atomic E-state index is 12.8. The summed E-state index contributed by atoms with van der Waals surface area (Å²) in [5.74, 6) is -0.145. The predicted molar refractivity (Wildman–Crippen MR) is 203 cm³/mol. The van der Waals surface area contributed by atoms with Gasteiger partial charge in [0.05, 0.1) is 39.9 Å². The second kappa shape index (κ2) is 32.4. The molecule has 0 aromatic rings. The molecule has 48 heavy (non-hydrogen) atoms. The smallest absolute Gasteiger partial charge is 0.391 e. The largest absolute Gasteiger partial charge is 0.472 e. The summed E-state index contributed by atoms with van der Waals surface area (Å²) < 4.78 is 23.5. The van der Waals surface area contributed by atoms with Gasteiger partial charge in [0, 0.05) is 6.42 Å². The minimum atomic E-state index is -4.29. The zero-order chi connectivity index (χ0) is 35.8. The van der Waals surface area contributed by atoms with Crippen molar-refractivity contribution in [3.8, 4) is 0 Å². The van der Waals surface area contributed by atoms with Crippen molar-refractivity contribution in [2.45, 2.75) is 206 Å². The third kappa shape index (κ3) is 34.0. The monoisotopic (exact) mass is 706 g/mol. The minimum Gasteiger partial charge on any atom is -0.391 e. The molecule has 8 nitrogen and oxygen atoms in total. The number of nitrogens with one attached hydrogen (secondary N) is 1. The highest BCUT2D eigenvalue weighted by Crippen LogP contribution is 2.43. The molecule has 0 aromatic carbocycles. The maximum absolute atomic E-state index is 12.8. The van der Waals surface area contributed by atoms with Crippen LogP contribution in [0.5, 0.6) is 0 Å². The molecule has 288 valence electrons. The third-order valence-electron chi connectivity index (χ3n) is 9.36. The van der Waals surface area contributed by atoms with Gasteiger partial charge >= 0.3 is 7.82 Å². The molecule has 0 aliphatic heterocycles. The fourth-order valence-corrected chi connectivity index (χ4v) is 6.78. The third-order valence-corrected chi connectivity index (χ3v) is 10.3. The van der Waals surface area contributed by atoms with Crippen molar-refractivity contribution in [2.24, 2.45) is 0 Å². The summed E-state index contributed by atoms with van der Waals surface area (Å²) in [4.78, 5) is 23.0. The SMILES string of the molecule is CCCCCCCCCCCCCCCCCCCCC(=O)NC(COP(=O)(O)OCC[N+](C)(C)C)C(O)CCCCCCCCCC. The van der Waals surface area contributed by atoms with E-state index in [0.29, 0.717) is 23.9 Å². The van der Waals surface area contributed by atoms with Gasteiger partial charge < -0.3 is 19.8 Å². The van der Waals surface area contributed by atoms with Gasteiger partial charge in [-0.05, 0) is 12.8 Å². The number of nitrogens with zero attached hydrogens (tertiary/aromatic N) is 1. The van der Waals surface area contributed by atoms with Crippen LogP contribution in [0.25, 0.3) is 0 Å². The molecule has 0 bridgehead atoms. The summed E-state index contributed by atoms with van der Waals surface area (Å²) in [6.07, 6.45) is 32.8. The topological polar surface area (TPSA) is 105 Å². The number of rotatable bonds is 37. The lowest BCUT2D eigenvalue weighted by atomic mass is 10.0. The molecular weight excluding hydrogens is 623 g/mol. The van der Waals surface area contributed by atoms with E-state index in [4.69, 9.17) is 9.05 Å². The van der Waals surface area contributed by atoms with Gasteiger partial charge in [0.25, 0.3) is 0 Å². The number of amides is 1. The van der Waals surface area contributed by atoms with Crippen LogP contribution in [0.1, 0.15) is 194 Å². The molecule has 3 unspecified atom stereocenters. The first-order valence-corrected chi connectivity index (χ1v) is 21.9. The van der Waals surface area contributed by atoms with Gasteiger partial charge in [0.15, 0.2) is 0 Å². The quantitative estimate of drug-likeness (QED) is 0.0338. The molecule has 0 saturated carbocycles. The van der Waals surface area contributed by atoms with Crippen molar-refractivity contribution in [3.05, 3.63) is 0 Å². The standard InChI is InChI=1S/C39H81N2O6P/c1-6-8-10-12-14-16-17-18-19-20-21-22-23-24-25-27-29-31-33-39(43)40-37(36-47-48(44,45)46-35-34-41(3,4)5)38(42)32-30-28-26-15-13-11-9-7-2/h37-38,42H,6-36H2,1-5H3,(H-,40,43,44,45)/p+1. The molecule has 0 aliphatic rings. The van der Waals surface area contributed by atoms with E-state index in [-0.39, 0.29) is 19.1 Å². The summed E-state index contributed by atoms with van der Waals surface area (Å²) in [5.41, 5.74) is 0. The van der Waals surface area contributed by atoms with E-state index < -0.39 is 20.0 Å². The Hall–Kier alpha value is -0.500. The lowest BCUT2D eigenvalue weighted by Gasteiger charge is -2.26. The molecular formula is C39H82N2O6P+. The molecule has 0 saturated heterocycles. The van der Waals surface area contributed by atoms with Crippen LogP contribution in [0, 0.1) is 0 Å². The van der Waals surface area contributed by atoms with Crippen LogP contribution in [-0.2, 0) is 18.4 Å². The molecule has 3 atom stereocenters. The highest BCUT2D eigenvalue weighted by molar-refractivity contribution is 7.47. The molecule has 0 radical (unpaired) electrons. The number of carbonyl (C=O) groups excluding carboxylic acids is 1. The number of aliphatic hydroxyl groups excluding tert-OH is 1. The normalized spacial score (nSPS) is 14.6. The van der Waals surface area contributed by atoms with Crippen LogP contribution >= 0.6 is 7.82 Å². The van der Waals surface area contributed by atoms with Crippen molar-refractivity contribution in [3.63, 3.8) is 0 Å². The van der Waals surface area contributed by atoms with E-state index >= 15 is 0 Å². The summed E-state index contributed by atoms with van der Waals surface area (Å²) in [5, 5.41) is 13.8. The van der Waals surface area contributed by atoms with Gasteiger partial charge in [-0.3, -0.25) is 13.8 Å². The van der Waals surface area contributed by atoms with Gasteiger partial charge in [-0.15, -0.1) is 0 Å². The Labute approximate surface area is 298 Å². The number of carbonyl (C=O) groups is 1. The summed E-state index contributed by atoms with van der Waals surface area (Å²) >= 11 is 0. The first kappa shape index (κ1) is 47.5. The summed E-state index contributed by atoms with van der Waals surface area (Å²) in [6.45, 7) is 4.86. The minimum absolute atomic E-state index is 0.0778. The zero-order valence-corrected chi connectivity index (χ0v) is 33.4. The number of unbranched alkanes of at least 4 members (excludes halogenated alkanes) is 24. The van der Waals surface area contributed by atoms with E-state index in [1.165, 1.54) is 128 Å². The molecule has 9 heteroatoms. The van der Waals surface area contributed by atoms with E-state index in [2.05, 4.69) is 19.2 Å². The maximum Gasteiger partial charge on any atom is 0.472 e. The van der Waals surface area contributed by atoms with Crippen LogP contribution < -0.4 is 5.32 Å². The lowest BCUT2D eigenvalue weighted by Crippen LogP contribution is -2.46. The number of aliphatic hydroxyl groups is 1. The van der Waals surface area contributed by atoms with E-state index in [9.17, 15) is 19.4 Å². The van der Waals surface area contributed by atoms with Gasteiger partial charge in [-0.25, -0.2) is 4.57 Å². The van der Waals surface area contributed by atoms with Gasteiger partial charge in [0.2, 0.25) is 5.91 Å². The first-order chi connectivity index (χ1) is 23.0. The Balaban J connectivity index is 4.25. The summed E-state index contributed by atoms with van der Waals surface area (Å²) in [6, 6.07) is -0.750. The lowest BCUT2D eigenvalue weighted by molar-refractivity contribution is -0.870. The van der Waals surface area contributed by atoms with Crippen LogP contribution in [0.15, 0.2) is 0 Å². The number of hydrogen-bond acceptors (Lipinski definition) is 5. The number of quaternary nitrogens is 1. The fourth-order valence-electron chi connectivity index (χ4n) is 6.05. The molecule has 1 amide bonds.